The predicted molar refractivity (Wildman–Crippen MR) is 75.7 cm³/mol. The molecular weight excluding hydrogens is 278 g/mol. The van der Waals surface area contributed by atoms with Crippen LogP contribution in [0.2, 0.25) is 5.15 Å². The standard InChI is InChI=1S/C14H16ClN3O2/c1-3-10-5-9(6-12(15)18-10)14(19)17-8-13-16-7-11(4-2)20-13/h5-7H,3-4,8H2,1-2H3,(H,17,19). The molecule has 2 rings (SSSR count). The first-order chi connectivity index (χ1) is 9.62. The van der Waals surface area contributed by atoms with Gasteiger partial charge in [-0.3, -0.25) is 4.79 Å². The fourth-order valence-electron chi connectivity index (χ4n) is 1.71. The van der Waals surface area contributed by atoms with Crippen LogP contribution in [0.5, 0.6) is 0 Å². The first kappa shape index (κ1) is 14.5. The Morgan fingerprint density at radius 2 is 2.15 bits per heavy atom. The van der Waals surface area contributed by atoms with Gasteiger partial charge in [0.05, 0.1) is 12.7 Å². The SMILES string of the molecule is CCc1cc(C(=O)NCc2ncc(CC)o2)cc(Cl)n1. The molecule has 2 aromatic rings. The van der Waals surface area contributed by atoms with E-state index in [1.807, 2.05) is 13.8 Å². The lowest BCUT2D eigenvalue weighted by molar-refractivity contribution is 0.0947. The Balaban J connectivity index is 2.02. The number of rotatable bonds is 5. The van der Waals surface area contributed by atoms with Crippen molar-refractivity contribution in [1.29, 1.82) is 0 Å². The summed E-state index contributed by atoms with van der Waals surface area (Å²) in [5.41, 5.74) is 1.27. The number of nitrogens with one attached hydrogen (secondary N) is 1. The second-order valence-corrected chi connectivity index (χ2v) is 4.67. The lowest BCUT2D eigenvalue weighted by Gasteiger charge is -2.05. The van der Waals surface area contributed by atoms with Gasteiger partial charge in [0.1, 0.15) is 10.9 Å². The van der Waals surface area contributed by atoms with E-state index in [-0.39, 0.29) is 12.5 Å². The van der Waals surface area contributed by atoms with Gasteiger partial charge in [-0.2, -0.15) is 0 Å². The summed E-state index contributed by atoms with van der Waals surface area (Å²) < 4.78 is 5.42. The molecule has 0 unspecified atom stereocenters. The molecule has 0 saturated carbocycles. The summed E-state index contributed by atoms with van der Waals surface area (Å²) in [6.45, 7) is 4.19. The van der Waals surface area contributed by atoms with Crippen LogP contribution in [0.1, 0.15) is 41.6 Å². The van der Waals surface area contributed by atoms with E-state index in [1.54, 1.807) is 18.3 Å². The van der Waals surface area contributed by atoms with E-state index in [2.05, 4.69) is 15.3 Å². The second kappa shape index (κ2) is 6.52. The molecule has 0 spiro atoms. The molecule has 0 fully saturated rings. The maximum absolute atomic E-state index is 12.0. The van der Waals surface area contributed by atoms with Gasteiger partial charge in [0.25, 0.3) is 5.91 Å². The molecular formula is C14H16ClN3O2. The Bertz CT molecular complexity index is 610. The summed E-state index contributed by atoms with van der Waals surface area (Å²) in [6.07, 6.45) is 3.17. The van der Waals surface area contributed by atoms with E-state index in [0.29, 0.717) is 16.6 Å². The topological polar surface area (TPSA) is 68.0 Å². The highest BCUT2D eigenvalue weighted by atomic mass is 35.5. The van der Waals surface area contributed by atoms with Crippen LogP contribution >= 0.6 is 11.6 Å². The molecule has 0 aliphatic rings. The molecule has 0 atom stereocenters. The van der Waals surface area contributed by atoms with Crippen molar-refractivity contribution in [3.05, 3.63) is 46.4 Å². The van der Waals surface area contributed by atoms with E-state index < -0.39 is 0 Å². The average molecular weight is 294 g/mol. The van der Waals surface area contributed by atoms with Crippen molar-refractivity contribution >= 4 is 17.5 Å². The lowest BCUT2D eigenvalue weighted by atomic mass is 10.2. The largest absolute Gasteiger partial charge is 0.444 e. The van der Waals surface area contributed by atoms with Crippen molar-refractivity contribution in [2.45, 2.75) is 33.2 Å². The van der Waals surface area contributed by atoms with Crippen molar-refractivity contribution in [2.75, 3.05) is 0 Å². The smallest absolute Gasteiger partial charge is 0.251 e. The van der Waals surface area contributed by atoms with Crippen molar-refractivity contribution in [3.63, 3.8) is 0 Å². The zero-order valence-corrected chi connectivity index (χ0v) is 12.2. The van der Waals surface area contributed by atoms with Gasteiger partial charge in [0.15, 0.2) is 0 Å². The fraction of sp³-hybridized carbons (Fsp3) is 0.357. The molecule has 0 bridgehead atoms. The first-order valence-electron chi connectivity index (χ1n) is 6.50. The van der Waals surface area contributed by atoms with Gasteiger partial charge in [0, 0.05) is 17.7 Å². The highest BCUT2D eigenvalue weighted by Crippen LogP contribution is 2.12. The average Bonchev–Trinajstić information content (AvgIpc) is 2.92. The number of aromatic nitrogens is 2. The molecule has 0 aromatic carbocycles. The number of hydrogen-bond acceptors (Lipinski definition) is 4. The maximum atomic E-state index is 12.0. The number of nitrogens with zero attached hydrogens (tertiary/aromatic N) is 2. The Hall–Kier alpha value is -1.88. The van der Waals surface area contributed by atoms with Crippen LogP contribution < -0.4 is 5.32 Å². The summed E-state index contributed by atoms with van der Waals surface area (Å²) in [4.78, 5) is 20.3. The van der Waals surface area contributed by atoms with Crippen LogP contribution in [0.4, 0.5) is 0 Å². The monoisotopic (exact) mass is 293 g/mol. The molecule has 106 valence electrons. The van der Waals surface area contributed by atoms with Crippen molar-refractivity contribution < 1.29 is 9.21 Å². The number of carbonyl (C=O) groups is 1. The summed E-state index contributed by atoms with van der Waals surface area (Å²) >= 11 is 5.89. The van der Waals surface area contributed by atoms with Gasteiger partial charge in [-0.15, -0.1) is 0 Å². The molecule has 1 amide bonds. The highest BCUT2D eigenvalue weighted by Gasteiger charge is 2.10. The summed E-state index contributed by atoms with van der Waals surface area (Å²) in [5.74, 6) is 1.07. The molecule has 20 heavy (non-hydrogen) atoms. The van der Waals surface area contributed by atoms with E-state index in [0.717, 1.165) is 24.3 Å². The minimum absolute atomic E-state index is 0.222. The van der Waals surface area contributed by atoms with Crippen LogP contribution in [-0.4, -0.2) is 15.9 Å². The molecule has 0 saturated heterocycles. The Morgan fingerprint density at radius 3 is 2.80 bits per heavy atom. The Morgan fingerprint density at radius 1 is 1.35 bits per heavy atom. The van der Waals surface area contributed by atoms with Gasteiger partial charge < -0.3 is 9.73 Å². The first-order valence-corrected chi connectivity index (χ1v) is 6.88. The van der Waals surface area contributed by atoms with Crippen LogP contribution in [0, 0.1) is 0 Å². The van der Waals surface area contributed by atoms with Gasteiger partial charge in [0.2, 0.25) is 5.89 Å². The van der Waals surface area contributed by atoms with Crippen molar-refractivity contribution in [2.24, 2.45) is 0 Å². The quantitative estimate of drug-likeness (QED) is 0.861. The zero-order valence-electron chi connectivity index (χ0n) is 11.4. The number of pyridine rings is 1. The molecule has 2 heterocycles. The normalized spacial score (nSPS) is 10.6. The second-order valence-electron chi connectivity index (χ2n) is 4.28. The number of carbonyl (C=O) groups excluding carboxylic acids is 1. The molecule has 0 aliphatic carbocycles. The van der Waals surface area contributed by atoms with Crippen molar-refractivity contribution in [3.8, 4) is 0 Å². The third-order valence-corrected chi connectivity index (χ3v) is 3.02. The predicted octanol–water partition coefficient (Wildman–Crippen LogP) is 2.78. The number of hydrogen-bond donors (Lipinski definition) is 1. The molecule has 6 heteroatoms. The molecule has 1 N–H and O–H groups in total. The molecule has 0 aliphatic heterocycles. The van der Waals surface area contributed by atoms with Crippen LogP contribution in [-0.2, 0) is 19.4 Å². The van der Waals surface area contributed by atoms with E-state index in [1.165, 1.54) is 0 Å². The van der Waals surface area contributed by atoms with E-state index >= 15 is 0 Å². The van der Waals surface area contributed by atoms with Gasteiger partial charge in [-0.1, -0.05) is 25.4 Å². The number of oxazole rings is 1. The van der Waals surface area contributed by atoms with Crippen molar-refractivity contribution in [1.82, 2.24) is 15.3 Å². The highest BCUT2D eigenvalue weighted by molar-refractivity contribution is 6.29. The maximum Gasteiger partial charge on any atom is 0.251 e. The minimum Gasteiger partial charge on any atom is -0.444 e. The van der Waals surface area contributed by atoms with E-state index in [4.69, 9.17) is 16.0 Å². The lowest BCUT2D eigenvalue weighted by Crippen LogP contribution is -2.23. The minimum atomic E-state index is -0.222. The fourth-order valence-corrected chi connectivity index (χ4v) is 1.94. The van der Waals surface area contributed by atoms with Gasteiger partial charge in [-0.05, 0) is 18.6 Å². The third kappa shape index (κ3) is 3.57. The zero-order chi connectivity index (χ0) is 14.5. The third-order valence-electron chi connectivity index (χ3n) is 2.82. The van der Waals surface area contributed by atoms with Crippen LogP contribution in [0.3, 0.4) is 0 Å². The Labute approximate surface area is 122 Å². The summed E-state index contributed by atoms with van der Waals surface area (Å²) in [7, 11) is 0. The van der Waals surface area contributed by atoms with Gasteiger partial charge >= 0.3 is 0 Å². The Kier molecular flexibility index (Phi) is 4.74. The van der Waals surface area contributed by atoms with Crippen LogP contribution in [0.15, 0.2) is 22.7 Å². The summed E-state index contributed by atoms with van der Waals surface area (Å²) in [5, 5.41) is 3.07. The van der Waals surface area contributed by atoms with E-state index in [9.17, 15) is 4.79 Å². The molecule has 0 radical (unpaired) electrons. The number of amides is 1. The molecule has 5 nitrogen and oxygen atoms in total. The van der Waals surface area contributed by atoms with Gasteiger partial charge in [-0.25, -0.2) is 9.97 Å². The molecule has 2 aromatic heterocycles. The number of halogens is 1. The van der Waals surface area contributed by atoms with Crippen LogP contribution in [0.25, 0.3) is 0 Å². The number of aryl methyl sites for hydroxylation is 2. The summed E-state index contributed by atoms with van der Waals surface area (Å²) in [6, 6.07) is 3.28.